The molecule has 2 atom stereocenters. The second-order valence-corrected chi connectivity index (χ2v) is 5.37. The zero-order chi connectivity index (χ0) is 11.5. The minimum absolute atomic E-state index is 0.763. The van der Waals surface area contributed by atoms with Crippen molar-refractivity contribution in [3.8, 4) is 0 Å². The minimum Gasteiger partial charge on any atom is -0.312 e. The predicted octanol–water partition coefficient (Wildman–Crippen LogP) is 2.40. The molecule has 2 fully saturated rings. The Bertz CT molecular complexity index is 345. The number of nitrogens with zero attached hydrogens (tertiary/aromatic N) is 1. The van der Waals surface area contributed by atoms with Crippen LogP contribution in [0.15, 0.2) is 30.3 Å². The average Bonchev–Trinajstić information content (AvgIpc) is 2.31. The monoisotopic (exact) mass is 230 g/mol. The van der Waals surface area contributed by atoms with Crippen LogP contribution in [0.25, 0.3) is 0 Å². The van der Waals surface area contributed by atoms with Gasteiger partial charge in [-0.1, -0.05) is 36.8 Å². The van der Waals surface area contributed by atoms with E-state index in [1.807, 2.05) is 0 Å². The summed E-state index contributed by atoms with van der Waals surface area (Å²) in [4.78, 5) is 2.69. The molecule has 0 radical (unpaired) electrons. The van der Waals surface area contributed by atoms with Crippen LogP contribution in [0.1, 0.15) is 31.2 Å². The molecule has 0 saturated carbocycles. The van der Waals surface area contributed by atoms with E-state index in [1.165, 1.54) is 44.3 Å². The molecular formula is C15H22N2. The van der Waals surface area contributed by atoms with Gasteiger partial charge in [0.15, 0.2) is 0 Å². The Morgan fingerprint density at radius 1 is 1.12 bits per heavy atom. The quantitative estimate of drug-likeness (QED) is 0.858. The van der Waals surface area contributed by atoms with Gasteiger partial charge in [-0.25, -0.2) is 0 Å². The third-order valence-electron chi connectivity index (χ3n) is 4.22. The molecule has 2 aliphatic heterocycles. The van der Waals surface area contributed by atoms with E-state index >= 15 is 0 Å². The van der Waals surface area contributed by atoms with Crippen LogP contribution < -0.4 is 5.32 Å². The van der Waals surface area contributed by atoms with Crippen molar-refractivity contribution in [1.29, 1.82) is 0 Å². The first kappa shape index (κ1) is 11.2. The second kappa shape index (κ2) is 5.19. The van der Waals surface area contributed by atoms with E-state index in [9.17, 15) is 0 Å². The predicted molar refractivity (Wildman–Crippen MR) is 70.9 cm³/mol. The van der Waals surface area contributed by atoms with Crippen LogP contribution >= 0.6 is 0 Å². The second-order valence-electron chi connectivity index (χ2n) is 5.37. The number of hydrogen-bond acceptors (Lipinski definition) is 2. The van der Waals surface area contributed by atoms with E-state index in [0.717, 1.165) is 18.6 Å². The van der Waals surface area contributed by atoms with Crippen LogP contribution in [-0.2, 0) is 6.54 Å². The Morgan fingerprint density at radius 2 is 1.94 bits per heavy atom. The smallest absolute Gasteiger partial charge is 0.0253 e. The third-order valence-corrected chi connectivity index (χ3v) is 4.22. The summed E-state index contributed by atoms with van der Waals surface area (Å²) in [6.07, 6.45) is 5.53. The standard InChI is InChI=1S/C15H22N2/c1-2-6-13(7-3-1)12-17-11-5-4-8-15(17)14-9-10-16-14/h1-3,6-7,14-16H,4-5,8-12H2. The molecule has 0 aromatic heterocycles. The molecule has 92 valence electrons. The van der Waals surface area contributed by atoms with Crippen LogP contribution in [0, 0.1) is 0 Å². The molecule has 17 heavy (non-hydrogen) atoms. The van der Waals surface area contributed by atoms with E-state index in [2.05, 4.69) is 40.5 Å². The van der Waals surface area contributed by atoms with Crippen molar-refractivity contribution in [3.05, 3.63) is 35.9 Å². The van der Waals surface area contributed by atoms with Crippen molar-refractivity contribution in [2.24, 2.45) is 0 Å². The SMILES string of the molecule is c1ccc(CN2CCCCC2C2CCN2)cc1. The van der Waals surface area contributed by atoms with E-state index in [0.29, 0.717) is 0 Å². The fourth-order valence-corrected chi connectivity index (χ4v) is 3.13. The fourth-order valence-electron chi connectivity index (χ4n) is 3.13. The summed E-state index contributed by atoms with van der Waals surface area (Å²) < 4.78 is 0. The highest BCUT2D eigenvalue weighted by molar-refractivity contribution is 5.15. The fraction of sp³-hybridized carbons (Fsp3) is 0.600. The van der Waals surface area contributed by atoms with Gasteiger partial charge in [0.1, 0.15) is 0 Å². The van der Waals surface area contributed by atoms with Crippen molar-refractivity contribution < 1.29 is 0 Å². The molecule has 2 unspecified atom stereocenters. The summed E-state index contributed by atoms with van der Waals surface area (Å²) in [5.74, 6) is 0. The van der Waals surface area contributed by atoms with Gasteiger partial charge in [-0.3, -0.25) is 4.90 Å². The summed E-state index contributed by atoms with van der Waals surface area (Å²) in [7, 11) is 0. The lowest BCUT2D eigenvalue weighted by molar-refractivity contribution is 0.0832. The Labute approximate surface area is 104 Å². The van der Waals surface area contributed by atoms with Gasteiger partial charge in [-0.2, -0.15) is 0 Å². The number of nitrogens with one attached hydrogen (secondary N) is 1. The third kappa shape index (κ3) is 2.53. The number of likely N-dealkylation sites (tertiary alicyclic amines) is 1. The Kier molecular flexibility index (Phi) is 3.44. The summed E-state index contributed by atoms with van der Waals surface area (Å²) in [5, 5.41) is 3.59. The molecular weight excluding hydrogens is 208 g/mol. The van der Waals surface area contributed by atoms with Gasteiger partial charge < -0.3 is 5.32 Å². The molecule has 0 aliphatic carbocycles. The van der Waals surface area contributed by atoms with Gasteiger partial charge in [-0.05, 0) is 37.9 Å². The average molecular weight is 230 g/mol. The molecule has 2 saturated heterocycles. The van der Waals surface area contributed by atoms with Gasteiger partial charge in [0.2, 0.25) is 0 Å². The van der Waals surface area contributed by atoms with Crippen LogP contribution in [0.5, 0.6) is 0 Å². The van der Waals surface area contributed by atoms with Crippen LogP contribution in [0.4, 0.5) is 0 Å². The van der Waals surface area contributed by atoms with Gasteiger partial charge in [0.25, 0.3) is 0 Å². The molecule has 2 heterocycles. The van der Waals surface area contributed by atoms with Crippen LogP contribution in [0.2, 0.25) is 0 Å². The van der Waals surface area contributed by atoms with Crippen molar-refractivity contribution in [3.63, 3.8) is 0 Å². The van der Waals surface area contributed by atoms with Crippen LogP contribution in [0.3, 0.4) is 0 Å². The number of hydrogen-bond donors (Lipinski definition) is 1. The number of piperidine rings is 1. The van der Waals surface area contributed by atoms with E-state index in [1.54, 1.807) is 0 Å². The molecule has 1 aromatic rings. The maximum absolute atomic E-state index is 3.59. The summed E-state index contributed by atoms with van der Waals surface area (Å²) in [6, 6.07) is 12.4. The minimum atomic E-state index is 0.763. The highest BCUT2D eigenvalue weighted by Gasteiger charge is 2.32. The highest BCUT2D eigenvalue weighted by Crippen LogP contribution is 2.25. The van der Waals surface area contributed by atoms with Gasteiger partial charge in [0, 0.05) is 18.6 Å². The molecule has 1 N–H and O–H groups in total. The molecule has 1 aromatic carbocycles. The lowest BCUT2D eigenvalue weighted by Gasteiger charge is -2.44. The first-order valence-corrected chi connectivity index (χ1v) is 6.95. The molecule has 2 aliphatic rings. The zero-order valence-electron chi connectivity index (χ0n) is 10.4. The first-order chi connectivity index (χ1) is 8.43. The Hall–Kier alpha value is -0.860. The molecule has 2 nitrogen and oxygen atoms in total. The Balaban J connectivity index is 1.66. The molecule has 0 bridgehead atoms. The van der Waals surface area contributed by atoms with Gasteiger partial charge in [-0.15, -0.1) is 0 Å². The lowest BCUT2D eigenvalue weighted by Crippen LogP contribution is -2.58. The highest BCUT2D eigenvalue weighted by atomic mass is 15.2. The van der Waals surface area contributed by atoms with Crippen molar-refractivity contribution in [1.82, 2.24) is 10.2 Å². The largest absolute Gasteiger partial charge is 0.312 e. The number of rotatable bonds is 3. The molecule has 3 rings (SSSR count). The van der Waals surface area contributed by atoms with Gasteiger partial charge >= 0.3 is 0 Å². The summed E-state index contributed by atoms with van der Waals surface area (Å²) in [6.45, 7) is 3.63. The van der Waals surface area contributed by atoms with E-state index in [-0.39, 0.29) is 0 Å². The molecule has 0 spiro atoms. The summed E-state index contributed by atoms with van der Waals surface area (Å²) >= 11 is 0. The molecule has 0 amide bonds. The van der Waals surface area contributed by atoms with Crippen LogP contribution in [-0.4, -0.2) is 30.1 Å². The summed E-state index contributed by atoms with van der Waals surface area (Å²) in [5.41, 5.74) is 1.46. The topological polar surface area (TPSA) is 15.3 Å². The van der Waals surface area contributed by atoms with E-state index < -0.39 is 0 Å². The van der Waals surface area contributed by atoms with Crippen molar-refractivity contribution >= 4 is 0 Å². The van der Waals surface area contributed by atoms with Crippen molar-refractivity contribution in [2.45, 2.75) is 44.3 Å². The first-order valence-electron chi connectivity index (χ1n) is 6.95. The maximum Gasteiger partial charge on any atom is 0.0253 e. The van der Waals surface area contributed by atoms with Crippen molar-refractivity contribution in [2.75, 3.05) is 13.1 Å². The van der Waals surface area contributed by atoms with E-state index in [4.69, 9.17) is 0 Å². The normalized spacial score (nSPS) is 29.9. The molecule has 2 heteroatoms. The zero-order valence-corrected chi connectivity index (χ0v) is 10.4. The van der Waals surface area contributed by atoms with Gasteiger partial charge in [0.05, 0.1) is 0 Å². The Morgan fingerprint density at radius 3 is 2.65 bits per heavy atom. The lowest BCUT2D eigenvalue weighted by atomic mass is 9.89. The maximum atomic E-state index is 3.59. The number of benzene rings is 1.